The van der Waals surface area contributed by atoms with Crippen molar-refractivity contribution in [3.05, 3.63) is 22.8 Å². The molecular formula is C21H30O9. The number of aliphatic hydroxyl groups excluding tert-OH is 5. The third-order valence-corrected chi connectivity index (χ3v) is 6.74. The number of hydrogen-bond acceptors (Lipinski definition) is 9. The van der Waals surface area contributed by atoms with Crippen LogP contribution in [0, 0.1) is 6.92 Å². The maximum atomic E-state index is 10.7. The van der Waals surface area contributed by atoms with Gasteiger partial charge in [-0.1, -0.05) is 0 Å². The number of rotatable bonds is 3. The fraction of sp³-hybridized carbons (Fsp3) is 0.714. The molecule has 3 aliphatic rings. The molecule has 6 N–H and O–H groups in total. The van der Waals surface area contributed by atoms with Crippen LogP contribution in [0.4, 0.5) is 0 Å². The Kier molecular flexibility index (Phi) is 5.30. The van der Waals surface area contributed by atoms with Gasteiger partial charge < -0.3 is 44.8 Å². The number of phenolic OH excluding ortho intramolecular Hbond substituents is 1. The molecule has 2 bridgehead atoms. The van der Waals surface area contributed by atoms with Gasteiger partial charge in [-0.25, -0.2) is 0 Å². The number of aliphatic hydroxyl groups is 5. The highest BCUT2D eigenvalue weighted by Crippen LogP contribution is 2.54. The van der Waals surface area contributed by atoms with E-state index in [0.717, 1.165) is 0 Å². The van der Waals surface area contributed by atoms with Crippen molar-refractivity contribution in [2.24, 2.45) is 0 Å². The Morgan fingerprint density at radius 2 is 1.83 bits per heavy atom. The first-order valence-corrected chi connectivity index (χ1v) is 10.2. The lowest BCUT2D eigenvalue weighted by atomic mass is 9.71. The van der Waals surface area contributed by atoms with Gasteiger partial charge in [0.05, 0.1) is 23.9 Å². The maximum absolute atomic E-state index is 10.7. The highest BCUT2D eigenvalue weighted by atomic mass is 16.7. The van der Waals surface area contributed by atoms with E-state index >= 15 is 0 Å². The number of aryl methyl sites for hydroxylation is 1. The lowest BCUT2D eigenvalue weighted by Gasteiger charge is -2.53. The van der Waals surface area contributed by atoms with Crippen molar-refractivity contribution >= 4 is 0 Å². The van der Waals surface area contributed by atoms with Crippen LogP contribution >= 0.6 is 0 Å². The van der Waals surface area contributed by atoms with Crippen molar-refractivity contribution in [2.75, 3.05) is 6.61 Å². The van der Waals surface area contributed by atoms with Gasteiger partial charge in [0.15, 0.2) is 0 Å². The summed E-state index contributed by atoms with van der Waals surface area (Å²) in [5.41, 5.74) is 0.0713. The van der Waals surface area contributed by atoms with Crippen LogP contribution < -0.4 is 4.74 Å². The van der Waals surface area contributed by atoms with E-state index in [1.54, 1.807) is 13.0 Å². The first kappa shape index (κ1) is 21.8. The quantitative estimate of drug-likeness (QED) is 0.379. The highest BCUT2D eigenvalue weighted by molar-refractivity contribution is 5.57. The number of benzene rings is 1. The average Bonchev–Trinajstić information content (AvgIpc) is 2.67. The minimum Gasteiger partial charge on any atom is -0.508 e. The molecule has 0 amide bonds. The molecule has 0 spiro atoms. The summed E-state index contributed by atoms with van der Waals surface area (Å²) in [6.07, 6.45) is -6.43. The van der Waals surface area contributed by atoms with E-state index in [9.17, 15) is 30.6 Å². The summed E-state index contributed by atoms with van der Waals surface area (Å²) >= 11 is 0. The Balaban J connectivity index is 1.77. The van der Waals surface area contributed by atoms with Crippen molar-refractivity contribution in [1.29, 1.82) is 0 Å². The Bertz CT molecular complexity index is 827. The van der Waals surface area contributed by atoms with Crippen molar-refractivity contribution in [1.82, 2.24) is 0 Å². The summed E-state index contributed by atoms with van der Waals surface area (Å²) in [5.74, 6) is 0.409. The molecule has 2 saturated heterocycles. The van der Waals surface area contributed by atoms with Gasteiger partial charge in [-0.15, -0.1) is 0 Å². The first-order valence-electron chi connectivity index (χ1n) is 10.2. The molecular weight excluding hydrogens is 396 g/mol. The van der Waals surface area contributed by atoms with Crippen LogP contribution in [-0.4, -0.2) is 79.7 Å². The molecule has 1 aromatic carbocycles. The summed E-state index contributed by atoms with van der Waals surface area (Å²) in [4.78, 5) is 0. The first-order chi connectivity index (χ1) is 14.0. The van der Waals surface area contributed by atoms with Crippen LogP contribution in [0.3, 0.4) is 0 Å². The maximum Gasteiger partial charge on any atom is 0.229 e. The van der Waals surface area contributed by atoms with Crippen molar-refractivity contribution in [3.8, 4) is 11.5 Å². The second-order valence-electron chi connectivity index (χ2n) is 9.09. The molecule has 0 aliphatic carbocycles. The SMILES string of the molecule is Cc1cc(O)c2c(c1OC1OC(CO)C(O)C(O)C1O)C[C@]1(C)O[C@@]2(C)CCC1O. The fourth-order valence-electron chi connectivity index (χ4n) is 5.08. The summed E-state index contributed by atoms with van der Waals surface area (Å²) in [7, 11) is 0. The van der Waals surface area contributed by atoms with Gasteiger partial charge in [0.25, 0.3) is 0 Å². The largest absolute Gasteiger partial charge is 0.508 e. The zero-order valence-corrected chi connectivity index (χ0v) is 17.3. The molecule has 168 valence electrons. The Labute approximate surface area is 174 Å². The zero-order chi connectivity index (χ0) is 22.0. The molecule has 1 aromatic rings. The van der Waals surface area contributed by atoms with Gasteiger partial charge in [-0.05, 0) is 45.2 Å². The minimum absolute atomic E-state index is 0.0598. The predicted octanol–water partition coefficient (Wildman–Crippen LogP) is -0.419. The van der Waals surface area contributed by atoms with Crippen LogP contribution in [0.5, 0.6) is 11.5 Å². The van der Waals surface area contributed by atoms with E-state index < -0.39 is 54.6 Å². The molecule has 0 saturated carbocycles. The second kappa shape index (κ2) is 7.30. The molecule has 9 heteroatoms. The van der Waals surface area contributed by atoms with E-state index in [1.165, 1.54) is 0 Å². The van der Waals surface area contributed by atoms with Gasteiger partial charge in [0.2, 0.25) is 6.29 Å². The Morgan fingerprint density at radius 3 is 2.50 bits per heavy atom. The zero-order valence-electron chi connectivity index (χ0n) is 17.3. The molecule has 4 rings (SSSR count). The molecule has 0 radical (unpaired) electrons. The monoisotopic (exact) mass is 426 g/mol. The van der Waals surface area contributed by atoms with Crippen molar-refractivity contribution in [2.45, 2.75) is 88.0 Å². The molecule has 3 aliphatic heterocycles. The van der Waals surface area contributed by atoms with E-state index in [-0.39, 0.29) is 12.2 Å². The standard InChI is InChI=1S/C21H30O9/c1-9-6-11(23)14-10(7-21(3)13(24)4-5-20(14,2)30-21)18(9)29-19-17(27)16(26)15(25)12(8-22)28-19/h6,12-13,15-17,19,22-27H,4-5,7-8H2,1-3H3/t12?,13?,15?,16?,17?,19?,20-,21-/m0/s1. The molecule has 6 unspecified atom stereocenters. The van der Waals surface area contributed by atoms with Crippen LogP contribution in [-0.2, 0) is 21.5 Å². The normalized spacial score (nSPS) is 43.2. The lowest BCUT2D eigenvalue weighted by Crippen LogP contribution is -2.60. The van der Waals surface area contributed by atoms with E-state index in [4.69, 9.17) is 14.2 Å². The number of hydrogen-bond donors (Lipinski definition) is 6. The lowest BCUT2D eigenvalue weighted by molar-refractivity contribution is -0.278. The number of fused-ring (bicyclic) bond motifs is 4. The van der Waals surface area contributed by atoms with Crippen LogP contribution in [0.25, 0.3) is 0 Å². The molecule has 30 heavy (non-hydrogen) atoms. The minimum atomic E-state index is -1.56. The predicted molar refractivity (Wildman–Crippen MR) is 103 cm³/mol. The highest BCUT2D eigenvalue weighted by Gasteiger charge is 2.54. The summed E-state index contributed by atoms with van der Waals surface area (Å²) in [6, 6.07) is 1.54. The van der Waals surface area contributed by atoms with Gasteiger partial charge in [0, 0.05) is 17.5 Å². The third-order valence-electron chi connectivity index (χ3n) is 6.74. The van der Waals surface area contributed by atoms with E-state index in [2.05, 4.69) is 0 Å². The summed E-state index contributed by atoms with van der Waals surface area (Å²) < 4.78 is 17.7. The number of ether oxygens (including phenoxy) is 3. The molecule has 2 fully saturated rings. The van der Waals surface area contributed by atoms with Gasteiger partial charge >= 0.3 is 0 Å². The van der Waals surface area contributed by atoms with Crippen molar-refractivity contribution < 1.29 is 44.8 Å². The smallest absolute Gasteiger partial charge is 0.229 e. The third kappa shape index (κ3) is 3.20. The van der Waals surface area contributed by atoms with Gasteiger partial charge in [-0.2, -0.15) is 0 Å². The van der Waals surface area contributed by atoms with Crippen LogP contribution in [0.15, 0.2) is 6.07 Å². The summed E-state index contributed by atoms with van der Waals surface area (Å²) in [6.45, 7) is 4.84. The van der Waals surface area contributed by atoms with E-state index in [1.807, 2.05) is 13.8 Å². The Morgan fingerprint density at radius 1 is 1.13 bits per heavy atom. The molecule has 3 heterocycles. The molecule has 9 nitrogen and oxygen atoms in total. The topological polar surface area (TPSA) is 149 Å². The van der Waals surface area contributed by atoms with Gasteiger partial charge in [-0.3, -0.25) is 0 Å². The van der Waals surface area contributed by atoms with Crippen molar-refractivity contribution in [3.63, 3.8) is 0 Å². The molecule has 8 atom stereocenters. The average molecular weight is 426 g/mol. The Hall–Kier alpha value is -1.46. The van der Waals surface area contributed by atoms with E-state index in [0.29, 0.717) is 35.3 Å². The van der Waals surface area contributed by atoms with Crippen LogP contribution in [0.1, 0.15) is 43.4 Å². The number of phenols is 1. The molecule has 0 aromatic heterocycles. The number of aromatic hydroxyl groups is 1. The van der Waals surface area contributed by atoms with Gasteiger partial charge in [0.1, 0.15) is 35.9 Å². The fourth-order valence-corrected chi connectivity index (χ4v) is 5.08. The summed E-state index contributed by atoms with van der Waals surface area (Å²) in [5, 5.41) is 61.2. The second-order valence-corrected chi connectivity index (χ2v) is 9.09. The van der Waals surface area contributed by atoms with Crippen LogP contribution in [0.2, 0.25) is 0 Å².